The van der Waals surface area contributed by atoms with Crippen molar-refractivity contribution >= 4 is 51.2 Å². The first kappa shape index (κ1) is 14.5. The molecule has 0 bridgehead atoms. The Labute approximate surface area is 150 Å². The quantitative estimate of drug-likeness (QED) is 0.386. The molecule has 4 nitrogen and oxygen atoms in total. The van der Waals surface area contributed by atoms with Gasteiger partial charge in [-0.2, -0.15) is 0 Å². The van der Waals surface area contributed by atoms with Crippen molar-refractivity contribution in [1.29, 1.82) is 0 Å². The zero-order valence-corrected chi connectivity index (χ0v) is 14.4. The van der Waals surface area contributed by atoms with Gasteiger partial charge in [0, 0.05) is 28.2 Å². The van der Waals surface area contributed by atoms with Gasteiger partial charge in [-0.15, -0.1) is 22.7 Å². The number of Topliss-reactive ketones (excluding diaryl/α,β-unsaturated/α-hetero) is 2. The normalized spacial score (nSPS) is 15.4. The number of carbonyl (C=O) groups excluding carboxylic acids is 2. The molecule has 0 saturated heterocycles. The second-order valence-electron chi connectivity index (χ2n) is 5.68. The Bertz CT molecular complexity index is 1160. The van der Waals surface area contributed by atoms with Crippen LogP contribution in [0.4, 0.5) is 0 Å². The van der Waals surface area contributed by atoms with Gasteiger partial charge in [0.2, 0.25) is 5.78 Å². The number of thiophene rings is 2. The van der Waals surface area contributed by atoms with E-state index in [1.807, 2.05) is 36.7 Å². The average molecular weight is 362 g/mol. The Hall–Kier alpha value is -2.83. The van der Waals surface area contributed by atoms with Crippen molar-refractivity contribution in [1.82, 2.24) is 9.55 Å². The molecule has 4 heterocycles. The van der Waals surface area contributed by atoms with E-state index >= 15 is 0 Å². The molecule has 4 aromatic heterocycles. The van der Waals surface area contributed by atoms with E-state index in [1.54, 1.807) is 23.7 Å². The minimum absolute atomic E-state index is 0.166. The molecule has 0 atom stereocenters. The Morgan fingerprint density at radius 1 is 1.04 bits per heavy atom. The fourth-order valence-corrected chi connectivity index (χ4v) is 4.82. The van der Waals surface area contributed by atoms with Crippen LogP contribution in [0.3, 0.4) is 0 Å². The van der Waals surface area contributed by atoms with E-state index in [9.17, 15) is 9.59 Å². The van der Waals surface area contributed by atoms with Crippen LogP contribution < -0.4 is 0 Å². The summed E-state index contributed by atoms with van der Waals surface area (Å²) in [6, 6.07) is 9.65. The summed E-state index contributed by atoms with van der Waals surface area (Å²) in [6.07, 6.45) is 7.30. The third-order valence-electron chi connectivity index (χ3n) is 4.24. The highest BCUT2D eigenvalue weighted by molar-refractivity contribution is 7.15. The Morgan fingerprint density at radius 3 is 2.84 bits per heavy atom. The summed E-state index contributed by atoms with van der Waals surface area (Å²) in [7, 11) is 0. The van der Waals surface area contributed by atoms with Gasteiger partial charge >= 0.3 is 0 Å². The molecule has 0 spiro atoms. The van der Waals surface area contributed by atoms with Crippen molar-refractivity contribution in [2.75, 3.05) is 0 Å². The second-order valence-corrected chi connectivity index (χ2v) is 7.69. The maximum Gasteiger partial charge on any atom is 0.207 e. The zero-order valence-electron chi connectivity index (χ0n) is 12.8. The van der Waals surface area contributed by atoms with Gasteiger partial charge in [-0.3, -0.25) is 14.6 Å². The van der Waals surface area contributed by atoms with Crippen LogP contribution in [-0.2, 0) is 0 Å². The van der Waals surface area contributed by atoms with Gasteiger partial charge in [-0.1, -0.05) is 0 Å². The number of nitrogens with zero attached hydrogens (tertiary/aromatic N) is 2. The van der Waals surface area contributed by atoms with Gasteiger partial charge < -0.3 is 4.57 Å². The number of hydrogen-bond donors (Lipinski definition) is 0. The molecule has 25 heavy (non-hydrogen) atoms. The molecule has 4 aromatic rings. The lowest BCUT2D eigenvalue weighted by atomic mass is 10.1. The number of allylic oxidation sites excluding steroid dienone is 1. The average Bonchev–Trinajstić information content (AvgIpc) is 3.38. The molecule has 0 unspecified atom stereocenters. The molecule has 6 heteroatoms. The van der Waals surface area contributed by atoms with Crippen LogP contribution in [0.25, 0.3) is 22.0 Å². The number of aromatic nitrogens is 2. The molecule has 0 fully saturated rings. The molecule has 0 N–H and O–H groups in total. The van der Waals surface area contributed by atoms with Crippen molar-refractivity contribution in [3.63, 3.8) is 0 Å². The zero-order chi connectivity index (χ0) is 17.0. The minimum atomic E-state index is -0.174. The Balaban J connectivity index is 1.55. The Morgan fingerprint density at radius 2 is 1.96 bits per heavy atom. The van der Waals surface area contributed by atoms with Crippen LogP contribution in [0, 0.1) is 0 Å². The van der Waals surface area contributed by atoms with Crippen molar-refractivity contribution in [3.8, 4) is 5.00 Å². The number of fused-ring (bicyclic) bond motifs is 2. The van der Waals surface area contributed by atoms with Crippen molar-refractivity contribution in [3.05, 3.63) is 75.2 Å². The van der Waals surface area contributed by atoms with Gasteiger partial charge in [-0.05, 0) is 41.8 Å². The molecule has 0 radical (unpaired) electrons. The third kappa shape index (κ3) is 2.15. The molecule has 0 amide bonds. The number of ketones is 2. The van der Waals surface area contributed by atoms with E-state index in [-0.39, 0.29) is 17.1 Å². The van der Waals surface area contributed by atoms with E-state index in [1.165, 1.54) is 22.7 Å². The minimum Gasteiger partial charge on any atom is -0.307 e. The summed E-state index contributed by atoms with van der Waals surface area (Å²) in [5.74, 6) is -0.340. The lowest BCUT2D eigenvalue weighted by molar-refractivity contribution is 0.0991. The van der Waals surface area contributed by atoms with Crippen molar-refractivity contribution < 1.29 is 9.59 Å². The highest BCUT2D eigenvalue weighted by atomic mass is 32.1. The number of pyridine rings is 1. The van der Waals surface area contributed by atoms with Crippen LogP contribution in [-0.4, -0.2) is 21.1 Å². The molecule has 5 rings (SSSR count). The largest absolute Gasteiger partial charge is 0.307 e. The van der Waals surface area contributed by atoms with Gasteiger partial charge in [0.05, 0.1) is 22.2 Å². The monoisotopic (exact) mass is 362 g/mol. The first-order valence-electron chi connectivity index (χ1n) is 7.62. The fourth-order valence-electron chi connectivity index (χ4n) is 3.02. The maximum absolute atomic E-state index is 12.4. The first-order chi connectivity index (χ1) is 12.2. The van der Waals surface area contributed by atoms with Crippen LogP contribution in [0.15, 0.2) is 59.9 Å². The molecule has 0 aliphatic heterocycles. The first-order valence-corrected chi connectivity index (χ1v) is 9.32. The van der Waals surface area contributed by atoms with Gasteiger partial charge in [-0.25, -0.2) is 0 Å². The predicted molar refractivity (Wildman–Crippen MR) is 99.9 cm³/mol. The highest BCUT2D eigenvalue weighted by Gasteiger charge is 2.34. The van der Waals surface area contributed by atoms with Gasteiger partial charge in [0.15, 0.2) is 5.78 Å². The fraction of sp³-hybridized carbons (Fsp3) is 0. The van der Waals surface area contributed by atoms with E-state index in [2.05, 4.69) is 9.55 Å². The summed E-state index contributed by atoms with van der Waals surface area (Å²) in [4.78, 5) is 30.4. The lowest BCUT2D eigenvalue weighted by Crippen LogP contribution is -1.99. The molecule has 0 aromatic carbocycles. The number of carbonyl (C=O) groups is 2. The SMILES string of the molecule is O=C1/C(=C\c2ccc(-n3ccc4ccncc43)s2)C(=O)c2sccc21. The molecule has 0 saturated carbocycles. The summed E-state index contributed by atoms with van der Waals surface area (Å²) in [6.45, 7) is 0. The van der Waals surface area contributed by atoms with Crippen LogP contribution in [0.5, 0.6) is 0 Å². The Kier molecular flexibility index (Phi) is 3.10. The molecular weight excluding hydrogens is 352 g/mol. The molecule has 120 valence electrons. The molecular formula is C19H10N2O2S2. The van der Waals surface area contributed by atoms with Gasteiger partial charge in [0.1, 0.15) is 5.00 Å². The summed E-state index contributed by atoms with van der Waals surface area (Å²) < 4.78 is 2.06. The van der Waals surface area contributed by atoms with Crippen LogP contribution >= 0.6 is 22.7 Å². The van der Waals surface area contributed by atoms with E-state index in [4.69, 9.17) is 0 Å². The molecule has 1 aliphatic rings. The maximum atomic E-state index is 12.4. The summed E-state index contributed by atoms with van der Waals surface area (Å²) in [5, 5.41) is 3.92. The van der Waals surface area contributed by atoms with Crippen LogP contribution in [0.2, 0.25) is 0 Å². The van der Waals surface area contributed by atoms with Gasteiger partial charge in [0.25, 0.3) is 0 Å². The third-order valence-corrected chi connectivity index (χ3v) is 6.18. The number of rotatable bonds is 2. The lowest BCUT2D eigenvalue weighted by Gasteiger charge is -2.00. The van der Waals surface area contributed by atoms with Crippen molar-refractivity contribution in [2.24, 2.45) is 0 Å². The van der Waals surface area contributed by atoms with E-state index in [0.717, 1.165) is 20.8 Å². The standard InChI is InChI=1S/C19H10N2O2S2/c22-17-13-5-8-24-19(13)18(23)14(17)9-12-1-2-16(25-12)21-7-4-11-3-6-20-10-15(11)21/h1-10H/b14-9+. The number of hydrogen-bond acceptors (Lipinski definition) is 5. The summed E-state index contributed by atoms with van der Waals surface area (Å²) >= 11 is 2.86. The highest BCUT2D eigenvalue weighted by Crippen LogP contribution is 2.33. The smallest absolute Gasteiger partial charge is 0.207 e. The summed E-state index contributed by atoms with van der Waals surface area (Å²) in [5.41, 5.74) is 1.81. The topological polar surface area (TPSA) is 52.0 Å². The van der Waals surface area contributed by atoms with E-state index in [0.29, 0.717) is 10.4 Å². The van der Waals surface area contributed by atoms with Crippen molar-refractivity contribution in [2.45, 2.75) is 0 Å². The second kappa shape index (κ2) is 5.34. The predicted octanol–water partition coefficient (Wildman–Crippen LogP) is 4.61. The van der Waals surface area contributed by atoms with Crippen LogP contribution in [0.1, 0.15) is 24.9 Å². The molecule has 1 aliphatic carbocycles. The van der Waals surface area contributed by atoms with E-state index < -0.39 is 0 Å².